The standard InChI is InChI=1S/C28H38O2/c1-3-7-23-14-18-26(19-15-23)28(29)30-27-20-16-25(17-21-27)9-6-5-8-24-12-10-22(4-2)11-13-24/h5,8,16-17,20-24,26H,3-4,7,10-15,18-19H2,1-2H3/b8-5+. The summed E-state index contributed by atoms with van der Waals surface area (Å²) in [6.07, 6.45) is 17.7. The molecule has 2 saturated carbocycles. The number of benzene rings is 1. The predicted molar refractivity (Wildman–Crippen MR) is 124 cm³/mol. The molecular formula is C28H38O2. The van der Waals surface area contributed by atoms with Crippen molar-refractivity contribution in [3.05, 3.63) is 42.0 Å². The molecule has 2 nitrogen and oxygen atoms in total. The molecule has 0 heterocycles. The lowest BCUT2D eigenvalue weighted by Gasteiger charge is -2.26. The van der Waals surface area contributed by atoms with E-state index < -0.39 is 0 Å². The Labute approximate surface area is 183 Å². The molecule has 0 aromatic heterocycles. The van der Waals surface area contributed by atoms with Gasteiger partial charge in [0.1, 0.15) is 5.75 Å². The van der Waals surface area contributed by atoms with Crippen molar-refractivity contribution in [1.29, 1.82) is 0 Å². The summed E-state index contributed by atoms with van der Waals surface area (Å²) in [5, 5.41) is 0. The molecule has 3 rings (SSSR count). The minimum atomic E-state index is -0.0653. The number of allylic oxidation sites excluding steroid dienone is 2. The van der Waals surface area contributed by atoms with Gasteiger partial charge in [-0.15, -0.1) is 0 Å². The van der Waals surface area contributed by atoms with Crippen molar-refractivity contribution in [2.75, 3.05) is 0 Å². The summed E-state index contributed by atoms with van der Waals surface area (Å²) < 4.78 is 5.63. The molecule has 0 spiro atoms. The average Bonchev–Trinajstić information content (AvgIpc) is 2.79. The molecule has 0 atom stereocenters. The fraction of sp³-hybridized carbons (Fsp3) is 0.607. The van der Waals surface area contributed by atoms with Crippen LogP contribution in [0, 0.1) is 35.5 Å². The molecular weight excluding hydrogens is 368 g/mol. The molecule has 30 heavy (non-hydrogen) atoms. The van der Waals surface area contributed by atoms with E-state index in [0.29, 0.717) is 11.7 Å². The second-order valence-corrected chi connectivity index (χ2v) is 9.27. The van der Waals surface area contributed by atoms with Gasteiger partial charge in [0.05, 0.1) is 5.92 Å². The molecule has 2 heteroatoms. The first kappa shape index (κ1) is 22.7. The number of ether oxygens (including phenoxy) is 1. The maximum Gasteiger partial charge on any atom is 0.314 e. The van der Waals surface area contributed by atoms with E-state index >= 15 is 0 Å². The van der Waals surface area contributed by atoms with Crippen molar-refractivity contribution >= 4 is 5.97 Å². The molecule has 2 aliphatic rings. The number of esters is 1. The number of carbonyl (C=O) groups excluding carboxylic acids is 1. The lowest BCUT2D eigenvalue weighted by atomic mass is 9.80. The van der Waals surface area contributed by atoms with Gasteiger partial charge in [0, 0.05) is 5.56 Å². The second-order valence-electron chi connectivity index (χ2n) is 9.27. The topological polar surface area (TPSA) is 26.3 Å². The van der Waals surface area contributed by atoms with Crippen molar-refractivity contribution < 1.29 is 9.53 Å². The van der Waals surface area contributed by atoms with Crippen LogP contribution in [0.2, 0.25) is 0 Å². The summed E-state index contributed by atoms with van der Waals surface area (Å²) in [7, 11) is 0. The Morgan fingerprint density at radius 3 is 2.27 bits per heavy atom. The molecule has 1 aromatic carbocycles. The van der Waals surface area contributed by atoms with Gasteiger partial charge in [-0.1, -0.05) is 51.0 Å². The fourth-order valence-corrected chi connectivity index (χ4v) is 5.00. The summed E-state index contributed by atoms with van der Waals surface area (Å²) in [5.74, 6) is 9.41. The van der Waals surface area contributed by atoms with E-state index in [4.69, 9.17) is 4.74 Å². The van der Waals surface area contributed by atoms with Gasteiger partial charge < -0.3 is 4.74 Å². The molecule has 0 bridgehead atoms. The Bertz CT molecular complexity index is 733. The Morgan fingerprint density at radius 1 is 0.967 bits per heavy atom. The Kier molecular flexibility index (Phi) is 9.06. The Balaban J connectivity index is 1.42. The van der Waals surface area contributed by atoms with Crippen LogP contribution in [0.25, 0.3) is 0 Å². The summed E-state index contributed by atoms with van der Waals surface area (Å²) in [6.45, 7) is 4.54. The maximum atomic E-state index is 12.5. The number of hydrogen-bond acceptors (Lipinski definition) is 2. The van der Waals surface area contributed by atoms with Crippen molar-refractivity contribution in [2.45, 2.75) is 84.5 Å². The second kappa shape index (κ2) is 12.0. The van der Waals surface area contributed by atoms with Crippen LogP contribution in [0.4, 0.5) is 0 Å². The number of rotatable bonds is 6. The molecule has 2 aliphatic carbocycles. The highest BCUT2D eigenvalue weighted by molar-refractivity contribution is 5.75. The van der Waals surface area contributed by atoms with E-state index in [9.17, 15) is 4.79 Å². The minimum Gasteiger partial charge on any atom is -0.426 e. The quantitative estimate of drug-likeness (QED) is 0.281. The molecule has 2 fully saturated rings. The van der Waals surface area contributed by atoms with Gasteiger partial charge in [0.15, 0.2) is 0 Å². The highest BCUT2D eigenvalue weighted by Crippen LogP contribution is 2.33. The predicted octanol–water partition coefficient (Wildman–Crippen LogP) is 7.32. The molecule has 0 N–H and O–H groups in total. The molecule has 0 radical (unpaired) electrons. The van der Waals surface area contributed by atoms with Crippen LogP contribution in [0.5, 0.6) is 5.75 Å². The molecule has 162 valence electrons. The fourth-order valence-electron chi connectivity index (χ4n) is 5.00. The van der Waals surface area contributed by atoms with Crippen LogP contribution in [0.1, 0.15) is 90.0 Å². The first-order valence-electron chi connectivity index (χ1n) is 12.2. The van der Waals surface area contributed by atoms with E-state index in [2.05, 4.69) is 31.8 Å². The van der Waals surface area contributed by atoms with Crippen molar-refractivity contribution in [2.24, 2.45) is 23.7 Å². The molecule has 0 unspecified atom stereocenters. The van der Waals surface area contributed by atoms with Crippen molar-refractivity contribution in [3.8, 4) is 17.6 Å². The van der Waals surface area contributed by atoms with Crippen LogP contribution in [-0.4, -0.2) is 5.97 Å². The molecule has 0 saturated heterocycles. The molecule has 1 aromatic rings. The van der Waals surface area contributed by atoms with Crippen LogP contribution >= 0.6 is 0 Å². The summed E-state index contributed by atoms with van der Waals surface area (Å²) in [6, 6.07) is 7.60. The van der Waals surface area contributed by atoms with E-state index in [1.807, 2.05) is 30.3 Å². The summed E-state index contributed by atoms with van der Waals surface area (Å²) in [5.41, 5.74) is 0.953. The largest absolute Gasteiger partial charge is 0.426 e. The summed E-state index contributed by atoms with van der Waals surface area (Å²) in [4.78, 5) is 12.5. The van der Waals surface area contributed by atoms with Gasteiger partial charge in [-0.2, -0.15) is 0 Å². The maximum absolute atomic E-state index is 12.5. The van der Waals surface area contributed by atoms with E-state index in [1.165, 1.54) is 44.9 Å². The number of carbonyl (C=O) groups is 1. The normalized spacial score (nSPS) is 26.7. The zero-order valence-electron chi connectivity index (χ0n) is 18.9. The van der Waals surface area contributed by atoms with Crippen LogP contribution in [0.3, 0.4) is 0 Å². The van der Waals surface area contributed by atoms with Crippen LogP contribution in [-0.2, 0) is 4.79 Å². The third-order valence-electron chi connectivity index (χ3n) is 7.09. The first-order chi connectivity index (χ1) is 14.7. The van der Waals surface area contributed by atoms with Crippen LogP contribution < -0.4 is 4.74 Å². The van der Waals surface area contributed by atoms with Crippen molar-refractivity contribution in [3.63, 3.8) is 0 Å². The number of hydrogen-bond donors (Lipinski definition) is 0. The van der Waals surface area contributed by atoms with E-state index in [1.54, 1.807) is 0 Å². The van der Waals surface area contributed by atoms with Gasteiger partial charge in [-0.25, -0.2) is 0 Å². The van der Waals surface area contributed by atoms with E-state index in [0.717, 1.165) is 43.1 Å². The molecule has 0 aliphatic heterocycles. The van der Waals surface area contributed by atoms with E-state index in [-0.39, 0.29) is 11.9 Å². The van der Waals surface area contributed by atoms with Crippen molar-refractivity contribution in [1.82, 2.24) is 0 Å². The third-order valence-corrected chi connectivity index (χ3v) is 7.09. The smallest absolute Gasteiger partial charge is 0.314 e. The summed E-state index contributed by atoms with van der Waals surface area (Å²) >= 11 is 0. The molecule has 0 amide bonds. The van der Waals surface area contributed by atoms with Gasteiger partial charge in [0.2, 0.25) is 0 Å². The lowest BCUT2D eigenvalue weighted by molar-refractivity contribution is -0.140. The third kappa shape index (κ3) is 7.05. The first-order valence-corrected chi connectivity index (χ1v) is 12.2. The van der Waals surface area contributed by atoms with Crippen LogP contribution in [0.15, 0.2) is 36.4 Å². The van der Waals surface area contributed by atoms with Gasteiger partial charge in [-0.05, 0) is 99.5 Å². The Morgan fingerprint density at radius 2 is 1.63 bits per heavy atom. The monoisotopic (exact) mass is 406 g/mol. The van der Waals surface area contributed by atoms with Gasteiger partial charge >= 0.3 is 5.97 Å². The highest BCUT2D eigenvalue weighted by Gasteiger charge is 2.27. The Hall–Kier alpha value is -2.01. The zero-order valence-corrected chi connectivity index (χ0v) is 18.9. The lowest BCUT2D eigenvalue weighted by Crippen LogP contribution is -2.25. The highest BCUT2D eigenvalue weighted by atomic mass is 16.5. The average molecular weight is 407 g/mol. The van der Waals surface area contributed by atoms with Gasteiger partial charge in [-0.3, -0.25) is 4.79 Å². The van der Waals surface area contributed by atoms with Gasteiger partial charge in [0.25, 0.3) is 0 Å². The minimum absolute atomic E-state index is 0.0649. The SMILES string of the molecule is CCCC1CCC(C(=O)Oc2ccc(C#C/C=C/C3CCC(CC)CC3)cc2)CC1. The zero-order chi connectivity index (χ0) is 21.2.